The largest absolute Gasteiger partial charge is 0.444 e. The Morgan fingerprint density at radius 2 is 1.95 bits per heavy atom. The molecule has 0 aromatic rings. The van der Waals surface area contributed by atoms with Crippen LogP contribution in [0, 0.1) is 5.41 Å². The summed E-state index contributed by atoms with van der Waals surface area (Å²) in [5.41, 5.74) is -1.24. The molecule has 1 N–H and O–H groups in total. The third-order valence-corrected chi connectivity index (χ3v) is 4.87. The van der Waals surface area contributed by atoms with Crippen LogP contribution in [-0.2, 0) is 4.74 Å². The average Bonchev–Trinajstić information content (AvgIpc) is 3.03. The Hall–Kier alpha value is -0.810. The van der Waals surface area contributed by atoms with Gasteiger partial charge in [0, 0.05) is 24.5 Å². The van der Waals surface area contributed by atoms with Crippen LogP contribution in [0.1, 0.15) is 47.0 Å². The Morgan fingerprint density at radius 3 is 2.33 bits per heavy atom. The van der Waals surface area contributed by atoms with Gasteiger partial charge in [0.25, 0.3) is 0 Å². The van der Waals surface area contributed by atoms with Crippen molar-refractivity contribution in [2.45, 2.75) is 64.2 Å². The SMILES string of the molecule is CCN(C(=O)OC(C)(C)C)C1CC12CCC2(O)CN(C)C. The van der Waals surface area contributed by atoms with Gasteiger partial charge in [-0.1, -0.05) is 0 Å². The first-order valence-corrected chi connectivity index (χ1v) is 7.91. The van der Waals surface area contributed by atoms with Crippen molar-refractivity contribution >= 4 is 6.09 Å². The minimum Gasteiger partial charge on any atom is -0.444 e. The minimum atomic E-state index is -0.656. The number of hydrogen-bond acceptors (Lipinski definition) is 4. The van der Waals surface area contributed by atoms with Gasteiger partial charge in [-0.2, -0.15) is 0 Å². The molecular formula is C16H30N2O3. The second kappa shape index (κ2) is 5.13. The summed E-state index contributed by atoms with van der Waals surface area (Å²) < 4.78 is 5.50. The predicted molar refractivity (Wildman–Crippen MR) is 82.2 cm³/mol. The number of ether oxygens (including phenoxy) is 1. The predicted octanol–water partition coefficient (Wildman–Crippen LogP) is 2.09. The molecule has 2 fully saturated rings. The molecule has 0 aromatic heterocycles. The van der Waals surface area contributed by atoms with Crippen LogP contribution in [0.2, 0.25) is 0 Å². The maximum atomic E-state index is 12.3. The normalized spacial score (nSPS) is 34.8. The molecule has 0 saturated heterocycles. The van der Waals surface area contributed by atoms with Gasteiger partial charge in [0.15, 0.2) is 0 Å². The van der Waals surface area contributed by atoms with Crippen LogP contribution in [0.5, 0.6) is 0 Å². The first-order chi connectivity index (χ1) is 9.55. The summed E-state index contributed by atoms with van der Waals surface area (Å²) in [5, 5.41) is 10.9. The van der Waals surface area contributed by atoms with Gasteiger partial charge in [-0.15, -0.1) is 0 Å². The number of aliphatic hydroxyl groups is 1. The maximum Gasteiger partial charge on any atom is 0.410 e. The second-order valence-corrected chi connectivity index (χ2v) is 7.91. The van der Waals surface area contributed by atoms with Crippen LogP contribution in [0.15, 0.2) is 0 Å². The lowest BCUT2D eigenvalue weighted by molar-refractivity contribution is -0.132. The summed E-state index contributed by atoms with van der Waals surface area (Å²) in [6, 6.07) is 0.121. The van der Waals surface area contributed by atoms with Crippen LogP contribution in [0.3, 0.4) is 0 Å². The Morgan fingerprint density at radius 1 is 1.33 bits per heavy atom. The van der Waals surface area contributed by atoms with Crippen molar-refractivity contribution in [1.82, 2.24) is 9.80 Å². The highest BCUT2D eigenvalue weighted by molar-refractivity contribution is 5.69. The molecule has 0 aromatic carbocycles. The summed E-state index contributed by atoms with van der Waals surface area (Å²) in [7, 11) is 3.96. The molecule has 0 bridgehead atoms. The van der Waals surface area contributed by atoms with Crippen LogP contribution in [0.4, 0.5) is 4.79 Å². The van der Waals surface area contributed by atoms with Gasteiger partial charge in [-0.05, 0) is 61.1 Å². The lowest BCUT2D eigenvalue weighted by atomic mass is 9.65. The number of amides is 1. The van der Waals surface area contributed by atoms with Crippen molar-refractivity contribution < 1.29 is 14.6 Å². The molecule has 3 unspecified atom stereocenters. The monoisotopic (exact) mass is 298 g/mol. The van der Waals surface area contributed by atoms with E-state index in [1.54, 1.807) is 4.90 Å². The third kappa shape index (κ3) is 2.90. The van der Waals surface area contributed by atoms with Crippen molar-refractivity contribution in [3.63, 3.8) is 0 Å². The fourth-order valence-corrected chi connectivity index (χ4v) is 3.76. The van der Waals surface area contributed by atoms with E-state index in [1.807, 2.05) is 46.7 Å². The van der Waals surface area contributed by atoms with E-state index in [4.69, 9.17) is 4.74 Å². The van der Waals surface area contributed by atoms with E-state index < -0.39 is 11.2 Å². The fraction of sp³-hybridized carbons (Fsp3) is 0.938. The highest BCUT2D eigenvalue weighted by Crippen LogP contribution is 2.68. The number of carbonyl (C=O) groups excluding carboxylic acids is 1. The molecular weight excluding hydrogens is 268 g/mol. The Balaban J connectivity index is 2.05. The number of hydrogen-bond donors (Lipinski definition) is 1. The molecule has 0 heterocycles. The van der Waals surface area contributed by atoms with E-state index in [-0.39, 0.29) is 17.6 Å². The van der Waals surface area contributed by atoms with Gasteiger partial charge in [0.1, 0.15) is 5.60 Å². The summed E-state index contributed by atoms with van der Waals surface area (Å²) in [5.74, 6) is 0. The van der Waals surface area contributed by atoms with Gasteiger partial charge >= 0.3 is 6.09 Å². The summed E-state index contributed by atoms with van der Waals surface area (Å²) in [4.78, 5) is 16.2. The maximum absolute atomic E-state index is 12.3. The quantitative estimate of drug-likeness (QED) is 0.863. The van der Waals surface area contributed by atoms with Crippen molar-refractivity contribution in [3.05, 3.63) is 0 Å². The summed E-state index contributed by atoms with van der Waals surface area (Å²) >= 11 is 0. The Labute approximate surface area is 128 Å². The molecule has 122 valence electrons. The number of nitrogens with zero attached hydrogens (tertiary/aromatic N) is 2. The summed E-state index contributed by atoms with van der Waals surface area (Å²) in [6.07, 6.45) is 2.46. The van der Waals surface area contributed by atoms with Crippen molar-refractivity contribution in [3.8, 4) is 0 Å². The van der Waals surface area contributed by atoms with Gasteiger partial charge in [0.2, 0.25) is 0 Å². The van der Waals surface area contributed by atoms with Gasteiger partial charge in [0.05, 0.1) is 5.60 Å². The van der Waals surface area contributed by atoms with E-state index in [0.29, 0.717) is 13.1 Å². The second-order valence-electron chi connectivity index (χ2n) is 7.91. The van der Waals surface area contributed by atoms with Crippen LogP contribution < -0.4 is 0 Å². The smallest absolute Gasteiger partial charge is 0.410 e. The molecule has 2 aliphatic rings. The summed E-state index contributed by atoms with van der Waals surface area (Å²) in [6.45, 7) is 8.90. The van der Waals surface area contributed by atoms with E-state index in [0.717, 1.165) is 19.3 Å². The van der Waals surface area contributed by atoms with Gasteiger partial charge in [-0.3, -0.25) is 0 Å². The zero-order chi connectivity index (χ0) is 16.1. The standard InChI is InChI=1S/C16H30N2O3/c1-7-18(13(19)21-14(2,3)4)12-10-15(12)8-9-16(15,20)11-17(5)6/h12,20H,7-11H2,1-6H3. The molecule has 1 spiro atoms. The highest BCUT2D eigenvalue weighted by atomic mass is 16.6. The van der Waals surface area contributed by atoms with E-state index in [9.17, 15) is 9.90 Å². The number of rotatable bonds is 4. The first kappa shape index (κ1) is 16.6. The van der Waals surface area contributed by atoms with Crippen LogP contribution in [0.25, 0.3) is 0 Å². The highest BCUT2D eigenvalue weighted by Gasteiger charge is 2.73. The molecule has 0 radical (unpaired) electrons. The molecule has 2 aliphatic carbocycles. The molecule has 21 heavy (non-hydrogen) atoms. The van der Waals surface area contributed by atoms with Crippen molar-refractivity contribution in [1.29, 1.82) is 0 Å². The fourth-order valence-electron chi connectivity index (χ4n) is 3.76. The third-order valence-electron chi connectivity index (χ3n) is 4.87. The number of likely N-dealkylation sites (N-methyl/N-ethyl adjacent to an activating group) is 1. The Bertz CT molecular complexity index is 418. The zero-order valence-corrected chi connectivity index (χ0v) is 14.3. The van der Waals surface area contributed by atoms with Crippen LogP contribution >= 0.6 is 0 Å². The average molecular weight is 298 g/mol. The molecule has 1 amide bonds. The van der Waals surface area contributed by atoms with Gasteiger partial charge in [-0.25, -0.2) is 4.79 Å². The molecule has 0 aliphatic heterocycles. The molecule has 2 saturated carbocycles. The van der Waals surface area contributed by atoms with Crippen molar-refractivity contribution in [2.24, 2.45) is 5.41 Å². The van der Waals surface area contributed by atoms with E-state index >= 15 is 0 Å². The van der Waals surface area contributed by atoms with E-state index in [2.05, 4.69) is 0 Å². The van der Waals surface area contributed by atoms with Crippen LogP contribution in [-0.4, -0.2) is 65.4 Å². The zero-order valence-electron chi connectivity index (χ0n) is 14.3. The molecule has 5 heteroatoms. The molecule has 3 atom stereocenters. The molecule has 2 rings (SSSR count). The van der Waals surface area contributed by atoms with E-state index in [1.165, 1.54) is 0 Å². The molecule has 5 nitrogen and oxygen atoms in total. The van der Waals surface area contributed by atoms with Gasteiger partial charge < -0.3 is 19.6 Å². The number of carbonyl (C=O) groups is 1. The first-order valence-electron chi connectivity index (χ1n) is 7.91. The lowest BCUT2D eigenvalue weighted by Gasteiger charge is -2.49. The minimum absolute atomic E-state index is 0.107. The lowest BCUT2D eigenvalue weighted by Crippen LogP contribution is -2.58. The topological polar surface area (TPSA) is 53.0 Å². The van der Waals surface area contributed by atoms with Crippen molar-refractivity contribution in [2.75, 3.05) is 27.2 Å². The Kier molecular flexibility index (Phi) is 4.04.